The van der Waals surface area contributed by atoms with Gasteiger partial charge in [0.05, 0.1) is 4.88 Å². The van der Waals surface area contributed by atoms with Crippen LogP contribution in [0.5, 0.6) is 0 Å². The van der Waals surface area contributed by atoms with Gasteiger partial charge in [0, 0.05) is 21.2 Å². The maximum Gasteiger partial charge on any atom is 0.177 e. The summed E-state index contributed by atoms with van der Waals surface area (Å²) in [6.07, 6.45) is 0.511. The van der Waals surface area contributed by atoms with Gasteiger partial charge in [0.15, 0.2) is 5.78 Å². The molecule has 2 rings (SSSR count). The molecule has 72 valence electrons. The first-order chi connectivity index (χ1) is 6.75. The number of thiophene rings is 2. The Morgan fingerprint density at radius 2 is 2.29 bits per heavy atom. The Morgan fingerprint density at radius 3 is 2.86 bits per heavy atom. The van der Waals surface area contributed by atoms with Gasteiger partial charge in [-0.15, -0.1) is 22.7 Å². The lowest BCUT2D eigenvalue weighted by Crippen LogP contribution is -1.98. The van der Waals surface area contributed by atoms with Gasteiger partial charge in [-0.05, 0) is 33.4 Å². The Kier molecular flexibility index (Phi) is 3.15. The first kappa shape index (κ1) is 10.1. The maximum atomic E-state index is 11.7. The van der Waals surface area contributed by atoms with Gasteiger partial charge < -0.3 is 0 Å². The van der Waals surface area contributed by atoms with Crippen LogP contribution in [0, 0.1) is 0 Å². The summed E-state index contributed by atoms with van der Waals surface area (Å²) in [7, 11) is 0. The minimum Gasteiger partial charge on any atom is -0.293 e. The Hall–Kier alpha value is -0.450. The van der Waals surface area contributed by atoms with Crippen LogP contribution in [-0.2, 0) is 6.42 Å². The van der Waals surface area contributed by atoms with Crippen molar-refractivity contribution in [2.24, 2.45) is 0 Å². The normalized spacial score (nSPS) is 10.4. The number of hydrogen-bond donors (Lipinski definition) is 0. The molecule has 0 saturated heterocycles. The fourth-order valence-electron chi connectivity index (χ4n) is 1.13. The van der Waals surface area contributed by atoms with Crippen molar-refractivity contribution < 1.29 is 4.79 Å². The fourth-order valence-corrected chi connectivity index (χ4v) is 3.24. The second-order valence-corrected chi connectivity index (χ2v) is 5.67. The van der Waals surface area contributed by atoms with Crippen molar-refractivity contribution in [1.29, 1.82) is 0 Å². The molecular weight excluding hydrogens is 280 g/mol. The molecule has 14 heavy (non-hydrogen) atoms. The first-order valence-corrected chi connectivity index (χ1v) is 6.60. The van der Waals surface area contributed by atoms with Crippen LogP contribution < -0.4 is 0 Å². The van der Waals surface area contributed by atoms with E-state index >= 15 is 0 Å². The van der Waals surface area contributed by atoms with Crippen molar-refractivity contribution >= 4 is 44.4 Å². The molecule has 0 atom stereocenters. The van der Waals surface area contributed by atoms with E-state index in [1.807, 2.05) is 29.0 Å². The van der Waals surface area contributed by atoms with Crippen LogP contribution in [0.15, 0.2) is 33.4 Å². The Bertz CT molecular complexity index is 431. The lowest BCUT2D eigenvalue weighted by molar-refractivity contribution is 0.0997. The molecule has 0 radical (unpaired) electrons. The number of carbonyl (C=O) groups is 1. The molecule has 0 spiro atoms. The highest BCUT2D eigenvalue weighted by atomic mass is 79.9. The van der Waals surface area contributed by atoms with E-state index < -0.39 is 0 Å². The van der Waals surface area contributed by atoms with Gasteiger partial charge in [0.2, 0.25) is 0 Å². The molecule has 1 nitrogen and oxygen atoms in total. The van der Waals surface area contributed by atoms with Crippen molar-refractivity contribution in [1.82, 2.24) is 0 Å². The molecule has 2 aromatic heterocycles. The third kappa shape index (κ3) is 2.32. The monoisotopic (exact) mass is 286 g/mol. The zero-order valence-corrected chi connectivity index (χ0v) is 10.4. The number of hydrogen-bond acceptors (Lipinski definition) is 3. The molecule has 0 aromatic carbocycles. The van der Waals surface area contributed by atoms with Crippen LogP contribution in [0.4, 0.5) is 0 Å². The van der Waals surface area contributed by atoms with Crippen LogP contribution >= 0.6 is 38.6 Å². The van der Waals surface area contributed by atoms with Gasteiger partial charge in [-0.3, -0.25) is 4.79 Å². The van der Waals surface area contributed by atoms with E-state index in [1.165, 1.54) is 11.3 Å². The number of rotatable bonds is 3. The third-order valence-electron chi connectivity index (χ3n) is 1.75. The fraction of sp³-hybridized carbons (Fsp3) is 0.100. The van der Waals surface area contributed by atoms with E-state index in [4.69, 9.17) is 0 Å². The summed E-state index contributed by atoms with van der Waals surface area (Å²) in [6, 6.07) is 5.77. The predicted octanol–water partition coefficient (Wildman–Crippen LogP) is 4.00. The number of carbonyl (C=O) groups excluding carboxylic acids is 1. The minimum absolute atomic E-state index is 0.203. The van der Waals surface area contributed by atoms with E-state index in [-0.39, 0.29) is 5.78 Å². The summed E-state index contributed by atoms with van der Waals surface area (Å²) in [4.78, 5) is 13.6. The van der Waals surface area contributed by atoms with Crippen molar-refractivity contribution in [3.05, 3.63) is 43.2 Å². The highest BCUT2D eigenvalue weighted by molar-refractivity contribution is 9.10. The standard InChI is InChI=1S/C10H7BrOS2/c11-7-4-8(14-6-7)5-9(12)10-2-1-3-13-10/h1-4,6H,5H2. The SMILES string of the molecule is O=C(Cc1cc(Br)cs1)c1cccs1. The molecule has 4 heteroatoms. The van der Waals surface area contributed by atoms with E-state index in [1.54, 1.807) is 11.3 Å². The molecule has 0 aliphatic heterocycles. The second kappa shape index (κ2) is 4.38. The molecule has 2 heterocycles. The van der Waals surface area contributed by atoms with Gasteiger partial charge in [-0.1, -0.05) is 6.07 Å². The van der Waals surface area contributed by atoms with Gasteiger partial charge >= 0.3 is 0 Å². The van der Waals surface area contributed by atoms with E-state index in [0.29, 0.717) is 6.42 Å². The Labute approximate surface area is 98.5 Å². The third-order valence-corrected chi connectivity index (χ3v) is 4.36. The summed E-state index contributed by atoms with van der Waals surface area (Å²) in [5.74, 6) is 0.203. The van der Waals surface area contributed by atoms with Gasteiger partial charge in [0.25, 0.3) is 0 Å². The minimum atomic E-state index is 0.203. The van der Waals surface area contributed by atoms with E-state index in [9.17, 15) is 4.79 Å². The molecular formula is C10H7BrOS2. The van der Waals surface area contributed by atoms with Crippen molar-refractivity contribution in [3.63, 3.8) is 0 Å². The van der Waals surface area contributed by atoms with E-state index in [0.717, 1.165) is 14.2 Å². The van der Waals surface area contributed by atoms with Gasteiger partial charge in [-0.25, -0.2) is 0 Å². The average Bonchev–Trinajstić information content (AvgIpc) is 2.75. The number of ketones is 1. The molecule has 0 aliphatic carbocycles. The largest absolute Gasteiger partial charge is 0.293 e. The molecule has 0 amide bonds. The lowest BCUT2D eigenvalue weighted by atomic mass is 10.2. The van der Waals surface area contributed by atoms with Gasteiger partial charge in [-0.2, -0.15) is 0 Å². The topological polar surface area (TPSA) is 17.1 Å². The molecule has 0 unspecified atom stereocenters. The van der Waals surface area contributed by atoms with Gasteiger partial charge in [0.1, 0.15) is 0 Å². The Balaban J connectivity index is 2.09. The van der Waals surface area contributed by atoms with Crippen LogP contribution in [0.25, 0.3) is 0 Å². The molecule has 0 aliphatic rings. The lowest BCUT2D eigenvalue weighted by Gasteiger charge is -1.93. The van der Waals surface area contributed by atoms with Crippen molar-refractivity contribution in [3.8, 4) is 0 Å². The summed E-state index contributed by atoms with van der Waals surface area (Å²) in [5, 5.41) is 3.93. The Morgan fingerprint density at radius 1 is 1.43 bits per heavy atom. The van der Waals surface area contributed by atoms with Crippen molar-refractivity contribution in [2.45, 2.75) is 6.42 Å². The highest BCUT2D eigenvalue weighted by Gasteiger charge is 2.08. The number of halogens is 1. The molecule has 0 fully saturated rings. The summed E-state index contributed by atoms with van der Waals surface area (Å²) < 4.78 is 1.05. The second-order valence-electron chi connectivity index (χ2n) is 2.81. The zero-order valence-electron chi connectivity index (χ0n) is 7.20. The summed E-state index contributed by atoms with van der Waals surface area (Å²) in [5.41, 5.74) is 0. The van der Waals surface area contributed by atoms with Crippen LogP contribution in [0.3, 0.4) is 0 Å². The summed E-state index contributed by atoms with van der Waals surface area (Å²) in [6.45, 7) is 0. The van der Waals surface area contributed by atoms with Crippen LogP contribution in [-0.4, -0.2) is 5.78 Å². The molecule has 0 bridgehead atoms. The molecule has 2 aromatic rings. The van der Waals surface area contributed by atoms with Crippen LogP contribution in [0.1, 0.15) is 14.5 Å². The molecule has 0 saturated carbocycles. The average molecular weight is 287 g/mol. The van der Waals surface area contributed by atoms with Crippen molar-refractivity contribution in [2.75, 3.05) is 0 Å². The quantitative estimate of drug-likeness (QED) is 0.780. The number of Topliss-reactive ketones (excluding diaryl/α,β-unsaturated/α-hetero) is 1. The summed E-state index contributed by atoms with van der Waals surface area (Å²) >= 11 is 6.49. The molecule has 0 N–H and O–H groups in total. The first-order valence-electron chi connectivity index (χ1n) is 4.05. The van der Waals surface area contributed by atoms with Crippen LogP contribution in [0.2, 0.25) is 0 Å². The predicted molar refractivity (Wildman–Crippen MR) is 64.4 cm³/mol. The highest BCUT2D eigenvalue weighted by Crippen LogP contribution is 2.22. The smallest absolute Gasteiger partial charge is 0.177 e. The maximum absolute atomic E-state index is 11.7. The zero-order chi connectivity index (χ0) is 9.97. The van der Waals surface area contributed by atoms with E-state index in [2.05, 4.69) is 15.9 Å².